The molecule has 1 N–H and O–H groups in total. The number of carboxylic acid groups (broad SMARTS) is 1. The summed E-state index contributed by atoms with van der Waals surface area (Å²) in [6.07, 6.45) is 2.45. The minimum absolute atomic E-state index is 0.528. The molecule has 0 aliphatic carbocycles. The molecule has 0 saturated carbocycles. The van der Waals surface area contributed by atoms with Gasteiger partial charge in [-0.05, 0) is 18.4 Å². The van der Waals surface area contributed by atoms with E-state index in [4.69, 9.17) is 5.11 Å². The highest BCUT2D eigenvalue weighted by Gasteiger charge is 2.13. The summed E-state index contributed by atoms with van der Waals surface area (Å²) in [6, 6.07) is -0.692. The van der Waals surface area contributed by atoms with E-state index in [1.165, 1.54) is 0 Å². The minimum Gasteiger partial charge on any atom is -0.480 e. The maximum Gasteiger partial charge on any atom is 0.329 e. The Balaban J connectivity index is 3.60. The molecule has 0 aliphatic rings. The second kappa shape index (κ2) is 5.61. The first-order chi connectivity index (χ1) is 4.72. The first kappa shape index (κ1) is 9.84. The molecule has 0 rings (SSSR count). The van der Waals surface area contributed by atoms with Gasteiger partial charge in [0.05, 0.1) is 0 Å². The number of hydrogen-bond donors (Lipinski definition) is 1. The number of rotatable bonds is 5. The number of carbonyl (C=O) groups is 1. The van der Waals surface area contributed by atoms with Crippen molar-refractivity contribution in [3.63, 3.8) is 0 Å². The molecule has 10 heavy (non-hydrogen) atoms. The van der Waals surface area contributed by atoms with Crippen LogP contribution in [-0.4, -0.2) is 29.1 Å². The highest BCUT2D eigenvalue weighted by atomic mass is 32.2. The van der Waals surface area contributed by atoms with Gasteiger partial charge in [-0.25, -0.2) is 9.16 Å². The first-order valence-corrected chi connectivity index (χ1v) is 4.52. The molecule has 1 atom stereocenters. The summed E-state index contributed by atoms with van der Waals surface area (Å²) in [7, 11) is 0. The van der Waals surface area contributed by atoms with Gasteiger partial charge in [0.15, 0.2) is 6.04 Å². The molecule has 0 aromatic heterocycles. The van der Waals surface area contributed by atoms with Gasteiger partial charge in [0.1, 0.15) is 0 Å². The molecule has 0 spiro atoms. The lowest BCUT2D eigenvalue weighted by Gasteiger charge is -2.01. The van der Waals surface area contributed by atoms with Gasteiger partial charge in [-0.2, -0.15) is 11.8 Å². The van der Waals surface area contributed by atoms with Gasteiger partial charge < -0.3 is 5.11 Å². The van der Waals surface area contributed by atoms with Crippen LogP contribution in [0, 0.1) is 0 Å². The molecule has 0 saturated heterocycles. The van der Waals surface area contributed by atoms with Crippen LogP contribution in [-0.2, 0) is 17.2 Å². The molecule has 1 unspecified atom stereocenters. The van der Waals surface area contributed by atoms with E-state index >= 15 is 0 Å². The molecule has 3 nitrogen and oxygen atoms in total. The molecule has 0 aromatic rings. The summed E-state index contributed by atoms with van der Waals surface area (Å²) in [6.45, 7) is 0. The molecule has 0 fully saturated rings. The maximum atomic E-state index is 10.3. The van der Waals surface area contributed by atoms with Crippen molar-refractivity contribution >= 4 is 30.2 Å². The topological polar surface area (TPSA) is 49.7 Å². The number of hydrogen-bond acceptors (Lipinski definition) is 4. The van der Waals surface area contributed by atoms with Crippen molar-refractivity contribution in [1.82, 2.24) is 0 Å². The van der Waals surface area contributed by atoms with Crippen molar-refractivity contribution in [2.75, 3.05) is 12.0 Å². The van der Waals surface area contributed by atoms with E-state index in [9.17, 15) is 4.79 Å². The van der Waals surface area contributed by atoms with Gasteiger partial charge >= 0.3 is 5.97 Å². The molecule has 58 valence electrons. The number of thioether (sulfide) groups is 1. The van der Waals surface area contributed by atoms with Crippen molar-refractivity contribution in [2.45, 2.75) is 12.5 Å². The van der Waals surface area contributed by atoms with Crippen LogP contribution in [0.1, 0.15) is 6.42 Å². The summed E-state index contributed by atoms with van der Waals surface area (Å²) in [5.74, 6) is -0.138. The van der Waals surface area contributed by atoms with Crippen LogP contribution >= 0.6 is 11.8 Å². The van der Waals surface area contributed by atoms with Crippen LogP contribution in [0.15, 0.2) is 4.36 Å². The van der Waals surface area contributed by atoms with Crippen LogP contribution in [0.2, 0.25) is 0 Å². The molecular formula is C5H9NO2S2. The highest BCUT2D eigenvalue weighted by molar-refractivity contribution is 7.98. The third-order valence-corrected chi connectivity index (χ3v) is 1.91. The number of aliphatic carboxylic acids is 1. The Hall–Kier alpha value is -0.160. The lowest BCUT2D eigenvalue weighted by atomic mass is 10.2. The van der Waals surface area contributed by atoms with E-state index in [-0.39, 0.29) is 0 Å². The molecule has 0 amide bonds. The first-order valence-electron chi connectivity index (χ1n) is 2.76. The highest BCUT2D eigenvalue weighted by Crippen LogP contribution is 2.03. The van der Waals surface area contributed by atoms with Gasteiger partial charge in [-0.3, -0.25) is 0 Å². The maximum absolute atomic E-state index is 10.3. The second-order valence-corrected chi connectivity index (χ2v) is 2.94. The van der Waals surface area contributed by atoms with Crippen molar-refractivity contribution in [3.05, 3.63) is 0 Å². The van der Waals surface area contributed by atoms with Crippen LogP contribution in [0.3, 0.4) is 0 Å². The molecular weight excluding hydrogens is 170 g/mol. The molecule has 0 heterocycles. The molecule has 0 aromatic carbocycles. The SMILES string of the molecule is CSCCC(N=S)C(=O)O. The van der Waals surface area contributed by atoms with Gasteiger partial charge in [0.25, 0.3) is 0 Å². The minimum atomic E-state index is -0.927. The van der Waals surface area contributed by atoms with Crippen molar-refractivity contribution in [3.8, 4) is 0 Å². The summed E-state index contributed by atoms with van der Waals surface area (Å²) in [5.41, 5.74) is 0. The Morgan fingerprint density at radius 2 is 2.50 bits per heavy atom. The fourth-order valence-electron chi connectivity index (χ4n) is 0.451. The van der Waals surface area contributed by atoms with E-state index in [1.807, 2.05) is 6.26 Å². The average molecular weight is 179 g/mol. The van der Waals surface area contributed by atoms with E-state index in [0.29, 0.717) is 6.42 Å². The van der Waals surface area contributed by atoms with Gasteiger partial charge in [-0.1, -0.05) is 0 Å². The molecule has 0 radical (unpaired) electrons. The quantitative estimate of drug-likeness (QED) is 0.682. The predicted octanol–water partition coefficient (Wildman–Crippen LogP) is 0.923. The Morgan fingerprint density at radius 3 is 2.80 bits per heavy atom. The Morgan fingerprint density at radius 1 is 1.90 bits per heavy atom. The van der Waals surface area contributed by atoms with Crippen LogP contribution in [0.4, 0.5) is 0 Å². The fraction of sp³-hybridized carbons (Fsp3) is 0.800. The lowest BCUT2D eigenvalue weighted by Crippen LogP contribution is -2.17. The van der Waals surface area contributed by atoms with E-state index in [0.717, 1.165) is 5.75 Å². The average Bonchev–Trinajstić information content (AvgIpc) is 1.89. The standard InChI is InChI=1S/C5H9NO2S2/c1-10-3-2-4(6-9)5(7)8/h4H,2-3H2,1H3,(H,7,8). The zero-order chi connectivity index (χ0) is 7.98. The molecule has 0 aliphatic heterocycles. The third kappa shape index (κ3) is 3.79. The second-order valence-electron chi connectivity index (χ2n) is 1.74. The van der Waals surface area contributed by atoms with Crippen molar-refractivity contribution in [1.29, 1.82) is 0 Å². The molecule has 5 heteroatoms. The monoisotopic (exact) mass is 179 g/mol. The Labute approximate surface area is 69.4 Å². The summed E-state index contributed by atoms with van der Waals surface area (Å²) in [5, 5.41) is 8.43. The van der Waals surface area contributed by atoms with Crippen LogP contribution in [0.5, 0.6) is 0 Å². The zero-order valence-electron chi connectivity index (χ0n) is 5.61. The summed E-state index contributed by atoms with van der Waals surface area (Å²) >= 11 is 5.89. The van der Waals surface area contributed by atoms with E-state index < -0.39 is 12.0 Å². The van der Waals surface area contributed by atoms with Crippen molar-refractivity contribution in [2.24, 2.45) is 4.36 Å². The summed E-state index contributed by atoms with van der Waals surface area (Å²) in [4.78, 5) is 10.3. The van der Waals surface area contributed by atoms with E-state index in [1.54, 1.807) is 11.8 Å². The smallest absolute Gasteiger partial charge is 0.329 e. The van der Waals surface area contributed by atoms with Crippen LogP contribution in [0.25, 0.3) is 0 Å². The number of carboxylic acids is 1. The Kier molecular flexibility index (Phi) is 5.52. The summed E-state index contributed by atoms with van der Waals surface area (Å²) < 4.78 is 3.30. The lowest BCUT2D eigenvalue weighted by molar-refractivity contribution is -0.138. The normalized spacial score (nSPS) is 12.5. The fourth-order valence-corrected chi connectivity index (χ4v) is 1.11. The number of nitrogens with zero attached hydrogens (tertiary/aromatic N) is 1. The van der Waals surface area contributed by atoms with Gasteiger partial charge in [0, 0.05) is 12.4 Å². The van der Waals surface area contributed by atoms with Gasteiger partial charge in [0.2, 0.25) is 0 Å². The predicted molar refractivity (Wildman–Crippen MR) is 44.2 cm³/mol. The Bertz CT molecular complexity index is 129. The van der Waals surface area contributed by atoms with E-state index in [2.05, 4.69) is 16.8 Å². The van der Waals surface area contributed by atoms with Crippen LogP contribution < -0.4 is 0 Å². The third-order valence-electron chi connectivity index (χ3n) is 1.01. The zero-order valence-corrected chi connectivity index (χ0v) is 7.24. The van der Waals surface area contributed by atoms with Crippen molar-refractivity contribution < 1.29 is 9.90 Å². The van der Waals surface area contributed by atoms with Gasteiger partial charge in [-0.15, -0.1) is 0 Å². The largest absolute Gasteiger partial charge is 0.480 e. The molecule has 0 bridgehead atoms.